The van der Waals surface area contributed by atoms with E-state index >= 15 is 0 Å². The number of thioether (sulfide) groups is 1. The maximum absolute atomic E-state index is 14.2. The van der Waals surface area contributed by atoms with Crippen molar-refractivity contribution in [2.75, 3.05) is 13.2 Å². The number of imide groups is 1. The molecule has 1 heterocycles. The minimum atomic E-state index is -0.385. The van der Waals surface area contributed by atoms with Crippen molar-refractivity contribution in [2.24, 2.45) is 0 Å². The van der Waals surface area contributed by atoms with E-state index in [1.54, 1.807) is 30.3 Å². The summed E-state index contributed by atoms with van der Waals surface area (Å²) in [5, 5.41) is 3.48. The third kappa shape index (κ3) is 5.16. The van der Waals surface area contributed by atoms with E-state index in [2.05, 4.69) is 0 Å². The van der Waals surface area contributed by atoms with Gasteiger partial charge in [0.05, 0.1) is 11.4 Å². The van der Waals surface area contributed by atoms with Crippen LogP contribution in [0.2, 0.25) is 0 Å². The van der Waals surface area contributed by atoms with Crippen LogP contribution in [-0.4, -0.2) is 29.2 Å². The molecule has 40 heavy (non-hydrogen) atoms. The Bertz CT molecular complexity index is 1780. The molecule has 1 saturated heterocycles. The highest BCUT2D eigenvalue weighted by molar-refractivity contribution is 8.18. The molecule has 198 valence electrons. The monoisotopic (exact) mass is 549 g/mol. The Kier molecular flexibility index (Phi) is 7.21. The summed E-state index contributed by atoms with van der Waals surface area (Å²) in [4.78, 5) is 27.6. The number of ether oxygens (including phenoxy) is 2. The Morgan fingerprint density at radius 3 is 2.25 bits per heavy atom. The SMILES string of the molecule is O=C1S/C(=C\c2c(OCc3ccccc3F)ccc3ccccc23)C(=O)N1CCOc1cccc2ccccc12. The van der Waals surface area contributed by atoms with Crippen LogP contribution in [0.5, 0.6) is 11.5 Å². The first-order valence-corrected chi connectivity index (χ1v) is 13.6. The molecule has 0 atom stereocenters. The summed E-state index contributed by atoms with van der Waals surface area (Å²) in [5.41, 5.74) is 1.08. The number of hydrogen-bond acceptors (Lipinski definition) is 5. The van der Waals surface area contributed by atoms with Gasteiger partial charge < -0.3 is 9.47 Å². The molecule has 1 aliphatic rings. The molecule has 0 spiro atoms. The van der Waals surface area contributed by atoms with Crippen LogP contribution in [0.1, 0.15) is 11.1 Å². The standard InChI is InChI=1S/C33H24FNO4S/c34-28-14-6-3-10-24(28)21-39-30-17-16-23-9-1-4-12-25(23)27(30)20-31-32(36)35(33(37)40-31)18-19-38-29-15-7-11-22-8-2-5-13-26(22)29/h1-17,20H,18-19,21H2/b31-20-. The van der Waals surface area contributed by atoms with Gasteiger partial charge in [-0.15, -0.1) is 0 Å². The van der Waals surface area contributed by atoms with Gasteiger partial charge in [0.1, 0.15) is 30.5 Å². The van der Waals surface area contributed by atoms with Crippen molar-refractivity contribution >= 4 is 50.5 Å². The topological polar surface area (TPSA) is 55.8 Å². The van der Waals surface area contributed by atoms with Crippen molar-refractivity contribution in [3.8, 4) is 11.5 Å². The second-order valence-corrected chi connectivity index (χ2v) is 10.2. The van der Waals surface area contributed by atoms with Crippen LogP contribution in [-0.2, 0) is 11.4 Å². The first kappa shape index (κ1) is 25.6. The van der Waals surface area contributed by atoms with Crippen molar-refractivity contribution in [1.82, 2.24) is 4.90 Å². The zero-order valence-corrected chi connectivity index (χ0v) is 22.2. The summed E-state index contributed by atoms with van der Waals surface area (Å²) in [6.45, 7) is 0.320. The summed E-state index contributed by atoms with van der Waals surface area (Å²) in [6, 6.07) is 31.6. The van der Waals surface area contributed by atoms with Gasteiger partial charge in [-0.1, -0.05) is 84.9 Å². The highest BCUT2D eigenvalue weighted by atomic mass is 32.2. The first-order valence-electron chi connectivity index (χ1n) is 12.8. The number of benzene rings is 5. The largest absolute Gasteiger partial charge is 0.491 e. The molecule has 5 aromatic carbocycles. The third-order valence-electron chi connectivity index (χ3n) is 6.74. The normalized spacial score (nSPS) is 14.4. The molecule has 2 amide bonds. The van der Waals surface area contributed by atoms with E-state index in [9.17, 15) is 14.0 Å². The molecule has 0 N–H and O–H groups in total. The van der Waals surface area contributed by atoms with Gasteiger partial charge in [0.2, 0.25) is 0 Å². The lowest BCUT2D eigenvalue weighted by atomic mass is 10.0. The van der Waals surface area contributed by atoms with Gasteiger partial charge in [-0.3, -0.25) is 14.5 Å². The smallest absolute Gasteiger partial charge is 0.293 e. The van der Waals surface area contributed by atoms with Crippen LogP contribution in [0, 0.1) is 5.82 Å². The summed E-state index contributed by atoms with van der Waals surface area (Å²) < 4.78 is 26.2. The van der Waals surface area contributed by atoms with Crippen LogP contribution in [0.4, 0.5) is 9.18 Å². The molecule has 5 aromatic rings. The lowest BCUT2D eigenvalue weighted by Gasteiger charge is -2.15. The van der Waals surface area contributed by atoms with E-state index in [0.29, 0.717) is 27.5 Å². The Balaban J connectivity index is 1.23. The maximum atomic E-state index is 14.2. The van der Waals surface area contributed by atoms with Gasteiger partial charge in [-0.2, -0.15) is 0 Å². The van der Waals surface area contributed by atoms with Crippen molar-refractivity contribution in [3.05, 3.63) is 125 Å². The summed E-state index contributed by atoms with van der Waals surface area (Å²) in [7, 11) is 0. The lowest BCUT2D eigenvalue weighted by molar-refractivity contribution is -0.123. The average Bonchev–Trinajstić information content (AvgIpc) is 3.25. The summed E-state index contributed by atoms with van der Waals surface area (Å²) in [6.07, 6.45) is 1.69. The number of amides is 2. The molecule has 6 rings (SSSR count). The molecule has 1 fully saturated rings. The highest BCUT2D eigenvalue weighted by Gasteiger charge is 2.35. The van der Waals surface area contributed by atoms with E-state index in [-0.39, 0.29) is 36.7 Å². The molecule has 0 bridgehead atoms. The number of carbonyl (C=O) groups is 2. The minimum absolute atomic E-state index is 0.0266. The molecule has 0 aromatic heterocycles. The fourth-order valence-electron chi connectivity index (χ4n) is 4.71. The predicted octanol–water partition coefficient (Wildman–Crippen LogP) is 7.83. The Hall–Kier alpha value is -4.62. The number of nitrogens with zero attached hydrogens (tertiary/aromatic N) is 1. The number of hydrogen-bond donors (Lipinski definition) is 0. The van der Waals surface area contributed by atoms with Gasteiger partial charge >= 0.3 is 0 Å². The molecule has 0 aliphatic carbocycles. The Labute approximate surface area is 234 Å². The number of rotatable bonds is 8. The Morgan fingerprint density at radius 1 is 0.725 bits per heavy atom. The fraction of sp³-hybridized carbons (Fsp3) is 0.0909. The third-order valence-corrected chi connectivity index (χ3v) is 7.65. The van der Waals surface area contributed by atoms with Crippen LogP contribution in [0.3, 0.4) is 0 Å². The van der Waals surface area contributed by atoms with Crippen LogP contribution < -0.4 is 9.47 Å². The second kappa shape index (κ2) is 11.2. The van der Waals surface area contributed by atoms with E-state index in [0.717, 1.165) is 33.3 Å². The first-order chi connectivity index (χ1) is 19.6. The van der Waals surface area contributed by atoms with Crippen molar-refractivity contribution in [2.45, 2.75) is 6.61 Å². The van der Waals surface area contributed by atoms with Crippen LogP contribution >= 0.6 is 11.8 Å². The van der Waals surface area contributed by atoms with E-state index < -0.39 is 0 Å². The second-order valence-electron chi connectivity index (χ2n) is 9.24. The van der Waals surface area contributed by atoms with Crippen molar-refractivity contribution in [1.29, 1.82) is 0 Å². The number of halogens is 1. The van der Waals surface area contributed by atoms with E-state index in [1.165, 1.54) is 11.0 Å². The minimum Gasteiger partial charge on any atom is -0.491 e. The quantitative estimate of drug-likeness (QED) is 0.185. The van der Waals surface area contributed by atoms with Crippen molar-refractivity contribution < 1.29 is 23.5 Å². The summed E-state index contributed by atoms with van der Waals surface area (Å²) in [5.74, 6) is 0.460. The molecular weight excluding hydrogens is 525 g/mol. The van der Waals surface area contributed by atoms with Crippen molar-refractivity contribution in [3.63, 3.8) is 0 Å². The molecular formula is C33H24FNO4S. The van der Waals surface area contributed by atoms with Crippen LogP contribution in [0.25, 0.3) is 27.6 Å². The number of fused-ring (bicyclic) bond motifs is 2. The zero-order chi connectivity index (χ0) is 27.5. The van der Waals surface area contributed by atoms with Gasteiger partial charge in [0, 0.05) is 16.5 Å². The summed E-state index contributed by atoms with van der Waals surface area (Å²) >= 11 is 0.887. The van der Waals surface area contributed by atoms with E-state index in [1.807, 2.05) is 72.8 Å². The fourth-order valence-corrected chi connectivity index (χ4v) is 5.56. The molecule has 0 radical (unpaired) electrons. The van der Waals surface area contributed by atoms with Gasteiger partial charge in [-0.05, 0) is 52.2 Å². The van der Waals surface area contributed by atoms with E-state index in [4.69, 9.17) is 9.47 Å². The molecule has 7 heteroatoms. The lowest BCUT2D eigenvalue weighted by Crippen LogP contribution is -2.32. The number of carbonyl (C=O) groups excluding carboxylic acids is 2. The molecule has 0 saturated carbocycles. The molecule has 5 nitrogen and oxygen atoms in total. The highest BCUT2D eigenvalue weighted by Crippen LogP contribution is 2.37. The van der Waals surface area contributed by atoms with Crippen LogP contribution in [0.15, 0.2) is 108 Å². The Morgan fingerprint density at radius 2 is 1.43 bits per heavy atom. The molecule has 0 unspecified atom stereocenters. The van der Waals surface area contributed by atoms with Gasteiger partial charge in [0.15, 0.2) is 0 Å². The maximum Gasteiger partial charge on any atom is 0.293 e. The van der Waals surface area contributed by atoms with Gasteiger partial charge in [0.25, 0.3) is 11.1 Å². The average molecular weight is 550 g/mol. The molecule has 1 aliphatic heterocycles. The predicted molar refractivity (Wildman–Crippen MR) is 157 cm³/mol. The zero-order valence-electron chi connectivity index (χ0n) is 21.4. The van der Waals surface area contributed by atoms with Gasteiger partial charge in [-0.25, -0.2) is 4.39 Å².